The molecule has 1 saturated carbocycles. The quantitative estimate of drug-likeness (QED) is 0.346. The fraction of sp³-hybridized carbons (Fsp3) is 0.500. The monoisotopic (exact) mass is 581 g/mol. The second-order valence-corrected chi connectivity index (χ2v) is 12.5. The van der Waals surface area contributed by atoms with E-state index in [4.69, 9.17) is 30.5 Å². The number of hydrogen-bond acceptors (Lipinski definition) is 8. The molecule has 9 nitrogen and oxygen atoms in total. The topological polar surface area (TPSA) is 108 Å². The molecule has 2 aromatic carbocycles. The first kappa shape index (κ1) is 30.6. The van der Waals surface area contributed by atoms with Gasteiger partial charge in [-0.2, -0.15) is 0 Å². The Labute approximate surface area is 235 Å². The second kappa shape index (κ2) is 12.9. The molecule has 3 unspecified atom stereocenters. The van der Waals surface area contributed by atoms with Gasteiger partial charge in [0.05, 0.1) is 35.4 Å². The summed E-state index contributed by atoms with van der Waals surface area (Å²) in [4.78, 5) is 25.0. The summed E-state index contributed by atoms with van der Waals surface area (Å²) in [5, 5.41) is 0.196. The fourth-order valence-corrected chi connectivity index (χ4v) is 6.30. The standard InChI is InChI=1S/C28H36ClNO8S/c1-17(2)21-11-10-18(3)12-24(21)38-27(31)16-37-28(32)19-8-7-9-20(13-19)39(33,34)30(4)23-14-22(29)25(35-5)15-26(23)36-6/h7-9,13-15,17-18,21,24H,10-12,16H2,1-6H3. The number of hydrogen-bond donors (Lipinski definition) is 0. The molecule has 3 rings (SSSR count). The Bertz CT molecular complexity index is 1300. The lowest BCUT2D eigenvalue weighted by atomic mass is 9.75. The zero-order valence-corrected chi connectivity index (χ0v) is 24.7. The number of sulfonamides is 1. The molecule has 0 spiro atoms. The van der Waals surface area contributed by atoms with Crippen LogP contribution in [0.25, 0.3) is 0 Å². The van der Waals surface area contributed by atoms with E-state index in [9.17, 15) is 18.0 Å². The molecule has 2 aromatic rings. The Kier molecular flexibility index (Phi) is 10.1. The predicted octanol–water partition coefficient (Wildman–Crippen LogP) is 5.34. The summed E-state index contributed by atoms with van der Waals surface area (Å²) in [5.74, 6) is 0.173. The van der Waals surface area contributed by atoms with Crippen LogP contribution in [0.5, 0.6) is 11.5 Å². The third-order valence-corrected chi connectivity index (χ3v) is 9.15. The smallest absolute Gasteiger partial charge is 0.344 e. The third kappa shape index (κ3) is 7.16. The SMILES string of the molecule is COc1cc(OC)c(N(C)S(=O)(=O)c2cccc(C(=O)OCC(=O)OC3CC(C)CCC3C(C)C)c2)cc1Cl. The summed E-state index contributed by atoms with van der Waals surface area (Å²) in [6, 6.07) is 8.27. The minimum absolute atomic E-state index is 0.0247. The number of carbonyl (C=O) groups is 2. The van der Waals surface area contributed by atoms with E-state index >= 15 is 0 Å². The van der Waals surface area contributed by atoms with Gasteiger partial charge in [-0.15, -0.1) is 0 Å². The van der Waals surface area contributed by atoms with Crippen molar-refractivity contribution in [1.82, 2.24) is 0 Å². The number of rotatable bonds is 10. The fourth-order valence-electron chi connectivity index (χ4n) is 4.82. The van der Waals surface area contributed by atoms with E-state index in [1.165, 1.54) is 57.7 Å². The molecule has 0 aromatic heterocycles. The first-order valence-electron chi connectivity index (χ1n) is 12.8. The van der Waals surface area contributed by atoms with Gasteiger partial charge in [-0.3, -0.25) is 4.31 Å². The highest BCUT2D eigenvalue weighted by molar-refractivity contribution is 7.92. The number of carbonyl (C=O) groups excluding carboxylic acids is 2. The van der Waals surface area contributed by atoms with E-state index in [1.54, 1.807) is 0 Å². The van der Waals surface area contributed by atoms with Crippen molar-refractivity contribution in [2.24, 2.45) is 17.8 Å². The Morgan fingerprint density at radius 3 is 2.41 bits per heavy atom. The van der Waals surface area contributed by atoms with Crippen LogP contribution in [0.15, 0.2) is 41.3 Å². The van der Waals surface area contributed by atoms with E-state index in [2.05, 4.69) is 20.8 Å². The van der Waals surface area contributed by atoms with Crippen molar-refractivity contribution in [3.05, 3.63) is 47.0 Å². The third-order valence-electron chi connectivity index (χ3n) is 7.09. The van der Waals surface area contributed by atoms with Crippen molar-refractivity contribution in [2.45, 2.75) is 51.0 Å². The molecule has 39 heavy (non-hydrogen) atoms. The normalized spacial score (nSPS) is 19.3. The summed E-state index contributed by atoms with van der Waals surface area (Å²) in [7, 11) is 0.0376. The maximum absolute atomic E-state index is 13.4. The molecular weight excluding hydrogens is 546 g/mol. The van der Waals surface area contributed by atoms with Crippen LogP contribution < -0.4 is 13.8 Å². The molecule has 0 saturated heterocycles. The van der Waals surface area contributed by atoms with Crippen molar-refractivity contribution in [3.8, 4) is 11.5 Å². The van der Waals surface area contributed by atoms with Gasteiger partial charge < -0.3 is 18.9 Å². The summed E-state index contributed by atoms with van der Waals surface area (Å²) >= 11 is 6.22. The molecule has 1 fully saturated rings. The Balaban J connectivity index is 1.72. The minimum atomic E-state index is -4.13. The summed E-state index contributed by atoms with van der Waals surface area (Å²) in [6.07, 6.45) is 2.65. The van der Waals surface area contributed by atoms with E-state index < -0.39 is 28.6 Å². The molecular formula is C28H36ClNO8S. The zero-order valence-electron chi connectivity index (χ0n) is 23.1. The highest BCUT2D eigenvalue weighted by atomic mass is 35.5. The summed E-state index contributed by atoms with van der Waals surface area (Å²) in [6.45, 7) is 5.79. The summed E-state index contributed by atoms with van der Waals surface area (Å²) < 4.78 is 49.2. The molecule has 0 aliphatic heterocycles. The first-order valence-corrected chi connectivity index (χ1v) is 14.6. The van der Waals surface area contributed by atoms with Crippen LogP contribution in [-0.2, 0) is 24.3 Å². The lowest BCUT2D eigenvalue weighted by Gasteiger charge is -2.36. The van der Waals surface area contributed by atoms with Gasteiger partial charge in [-0.25, -0.2) is 18.0 Å². The van der Waals surface area contributed by atoms with Gasteiger partial charge >= 0.3 is 11.9 Å². The maximum Gasteiger partial charge on any atom is 0.344 e. The largest absolute Gasteiger partial charge is 0.495 e. The van der Waals surface area contributed by atoms with Crippen molar-refractivity contribution in [2.75, 3.05) is 32.2 Å². The molecule has 0 amide bonds. The van der Waals surface area contributed by atoms with Gasteiger partial charge in [0.15, 0.2) is 6.61 Å². The van der Waals surface area contributed by atoms with E-state index in [0.717, 1.165) is 23.6 Å². The van der Waals surface area contributed by atoms with Crippen LogP contribution in [-0.4, -0.2) is 54.3 Å². The van der Waals surface area contributed by atoms with Crippen LogP contribution in [0, 0.1) is 17.8 Å². The van der Waals surface area contributed by atoms with Crippen molar-refractivity contribution in [1.29, 1.82) is 0 Å². The Morgan fingerprint density at radius 1 is 1.08 bits per heavy atom. The number of anilines is 1. The van der Waals surface area contributed by atoms with Gasteiger partial charge in [-0.1, -0.05) is 44.9 Å². The van der Waals surface area contributed by atoms with E-state index in [0.29, 0.717) is 17.6 Å². The van der Waals surface area contributed by atoms with Gasteiger partial charge in [0.1, 0.15) is 17.6 Å². The molecule has 1 aliphatic carbocycles. The molecule has 3 atom stereocenters. The molecule has 0 radical (unpaired) electrons. The number of methoxy groups -OCH3 is 2. The van der Waals surface area contributed by atoms with E-state index in [-0.39, 0.29) is 38.9 Å². The van der Waals surface area contributed by atoms with Crippen LogP contribution in [0.3, 0.4) is 0 Å². The van der Waals surface area contributed by atoms with Gasteiger partial charge in [0.25, 0.3) is 10.0 Å². The van der Waals surface area contributed by atoms with Crippen molar-refractivity contribution in [3.63, 3.8) is 0 Å². The van der Waals surface area contributed by atoms with Crippen LogP contribution >= 0.6 is 11.6 Å². The van der Waals surface area contributed by atoms with Gasteiger partial charge in [-0.05, 0) is 54.9 Å². The van der Waals surface area contributed by atoms with Crippen molar-refractivity contribution >= 4 is 39.3 Å². The average molecular weight is 582 g/mol. The lowest BCUT2D eigenvalue weighted by molar-refractivity contribution is -0.159. The van der Waals surface area contributed by atoms with Crippen LogP contribution in [0.1, 0.15) is 50.4 Å². The van der Waals surface area contributed by atoms with Gasteiger partial charge in [0, 0.05) is 13.1 Å². The molecule has 0 heterocycles. The number of nitrogens with zero attached hydrogens (tertiary/aromatic N) is 1. The Hall–Kier alpha value is -2.98. The zero-order chi connectivity index (χ0) is 28.9. The summed E-state index contributed by atoms with van der Waals surface area (Å²) in [5.41, 5.74) is 0.152. The predicted molar refractivity (Wildman–Crippen MR) is 148 cm³/mol. The molecule has 11 heteroatoms. The van der Waals surface area contributed by atoms with E-state index in [1.807, 2.05) is 0 Å². The number of benzene rings is 2. The minimum Gasteiger partial charge on any atom is -0.495 e. The molecule has 1 aliphatic rings. The van der Waals surface area contributed by atoms with Crippen molar-refractivity contribution < 1.29 is 37.0 Å². The molecule has 214 valence electrons. The average Bonchev–Trinajstić information content (AvgIpc) is 2.91. The highest BCUT2D eigenvalue weighted by Gasteiger charge is 2.33. The number of esters is 2. The molecule has 0 N–H and O–H groups in total. The van der Waals surface area contributed by atoms with Gasteiger partial charge in [0.2, 0.25) is 0 Å². The second-order valence-electron chi connectivity index (χ2n) is 10.1. The highest BCUT2D eigenvalue weighted by Crippen LogP contribution is 2.39. The number of halogens is 1. The molecule has 0 bridgehead atoms. The first-order chi connectivity index (χ1) is 18.4. The number of ether oxygens (including phenoxy) is 4. The maximum atomic E-state index is 13.4. The lowest BCUT2D eigenvalue weighted by Crippen LogP contribution is -2.36. The van der Waals surface area contributed by atoms with Crippen LogP contribution in [0.4, 0.5) is 5.69 Å². The van der Waals surface area contributed by atoms with Crippen LogP contribution in [0.2, 0.25) is 5.02 Å². The Morgan fingerprint density at radius 2 is 1.77 bits per heavy atom.